The Morgan fingerprint density at radius 1 is 1.09 bits per heavy atom. The van der Waals surface area contributed by atoms with Crippen LogP contribution in [0.25, 0.3) is 0 Å². The van der Waals surface area contributed by atoms with Gasteiger partial charge in [-0.05, 0) is 56.2 Å². The van der Waals surface area contributed by atoms with Crippen LogP contribution in [-0.2, 0) is 19.6 Å². The Balaban J connectivity index is 1.57. The molecule has 2 aliphatic rings. The number of rotatable bonds is 6. The van der Waals surface area contributed by atoms with E-state index in [1.807, 2.05) is 19.1 Å². The Morgan fingerprint density at radius 2 is 1.74 bits per heavy atom. The van der Waals surface area contributed by atoms with E-state index in [1.165, 1.54) is 4.90 Å². The van der Waals surface area contributed by atoms with Gasteiger partial charge in [0.25, 0.3) is 10.0 Å². The summed E-state index contributed by atoms with van der Waals surface area (Å²) in [6.07, 6.45) is 4.35. The van der Waals surface area contributed by atoms with Crippen LogP contribution in [0.3, 0.4) is 0 Å². The topological polar surface area (TPSA) is 95.9 Å². The molecular weight excluding hydrogens is 477 g/mol. The summed E-state index contributed by atoms with van der Waals surface area (Å²) in [6, 6.07) is 11.6. The molecule has 0 radical (unpaired) electrons. The smallest absolute Gasteiger partial charge is 0.284 e. The van der Waals surface area contributed by atoms with Crippen LogP contribution in [0.15, 0.2) is 57.8 Å². The molecule has 0 spiro atoms. The summed E-state index contributed by atoms with van der Waals surface area (Å²) in [4.78, 5) is 27.3. The van der Waals surface area contributed by atoms with Gasteiger partial charge < -0.3 is 5.32 Å². The number of hydrogen-bond acceptors (Lipinski definition) is 5. The highest BCUT2D eigenvalue weighted by molar-refractivity contribution is 8.16. The second-order valence-electron chi connectivity index (χ2n) is 8.53. The molecule has 4 rings (SSSR count). The number of benzene rings is 2. The van der Waals surface area contributed by atoms with Crippen LogP contribution in [0, 0.1) is 12.7 Å². The first kappa shape index (κ1) is 24.4. The Hall–Kier alpha value is -2.72. The van der Waals surface area contributed by atoms with E-state index in [4.69, 9.17) is 0 Å². The molecule has 1 aliphatic carbocycles. The van der Waals surface area contributed by atoms with Gasteiger partial charge in [-0.3, -0.25) is 14.5 Å². The first-order chi connectivity index (χ1) is 16.2. The lowest BCUT2D eigenvalue weighted by Gasteiger charge is -2.30. The third-order valence-corrected chi connectivity index (χ3v) is 8.47. The summed E-state index contributed by atoms with van der Waals surface area (Å²) in [6.45, 7) is 1.94. The highest BCUT2D eigenvalue weighted by Gasteiger charge is 2.43. The Labute approximate surface area is 202 Å². The SMILES string of the molecule is Cc1ccc(NC(=O)C[C@H]2SC(=NS(=O)(=O)c3ccc(F)cc3)N(C3CCCCC3)C2=O)cc1. The summed E-state index contributed by atoms with van der Waals surface area (Å²) in [5, 5.41) is 2.10. The van der Waals surface area contributed by atoms with Gasteiger partial charge in [-0.2, -0.15) is 8.42 Å². The first-order valence-corrected chi connectivity index (χ1v) is 13.5. The number of thioether (sulfide) groups is 1. The number of nitrogens with zero attached hydrogens (tertiary/aromatic N) is 2. The zero-order valence-corrected chi connectivity index (χ0v) is 20.4. The van der Waals surface area contributed by atoms with E-state index < -0.39 is 21.1 Å². The van der Waals surface area contributed by atoms with Gasteiger partial charge in [0.15, 0.2) is 5.17 Å². The van der Waals surface area contributed by atoms with E-state index in [0.29, 0.717) is 5.69 Å². The predicted octanol–water partition coefficient (Wildman–Crippen LogP) is 4.48. The Kier molecular flexibility index (Phi) is 7.37. The number of carbonyl (C=O) groups is 2. The summed E-state index contributed by atoms with van der Waals surface area (Å²) in [5.41, 5.74) is 1.69. The molecule has 1 saturated carbocycles. The van der Waals surface area contributed by atoms with Crippen LogP contribution in [0.5, 0.6) is 0 Å². The van der Waals surface area contributed by atoms with E-state index in [0.717, 1.165) is 73.7 Å². The van der Waals surface area contributed by atoms with E-state index in [1.54, 1.807) is 12.1 Å². The number of aryl methyl sites for hydroxylation is 1. The fourth-order valence-electron chi connectivity index (χ4n) is 4.13. The van der Waals surface area contributed by atoms with E-state index in [-0.39, 0.29) is 34.3 Å². The first-order valence-electron chi connectivity index (χ1n) is 11.2. The van der Waals surface area contributed by atoms with Crippen molar-refractivity contribution in [3.05, 3.63) is 59.9 Å². The van der Waals surface area contributed by atoms with E-state index >= 15 is 0 Å². The van der Waals surface area contributed by atoms with Crippen molar-refractivity contribution in [3.63, 3.8) is 0 Å². The number of nitrogens with one attached hydrogen (secondary N) is 1. The molecule has 10 heteroatoms. The highest BCUT2D eigenvalue weighted by Crippen LogP contribution is 2.36. The summed E-state index contributed by atoms with van der Waals surface area (Å²) < 4.78 is 43.0. The molecule has 180 valence electrons. The van der Waals surface area contributed by atoms with Gasteiger partial charge in [-0.1, -0.05) is 48.7 Å². The van der Waals surface area contributed by atoms with Crippen LogP contribution in [0.1, 0.15) is 44.1 Å². The lowest BCUT2D eigenvalue weighted by Crippen LogP contribution is -2.42. The standard InChI is InChI=1S/C24H26FN3O4S2/c1-16-7-11-18(12-8-16)26-22(29)15-21-23(30)28(19-5-3-2-4-6-19)24(33-21)27-34(31,32)20-13-9-17(25)10-14-20/h7-14,19,21H,2-6,15H2,1H3,(H,26,29)/t21-/m1/s1. The van der Waals surface area contributed by atoms with E-state index in [9.17, 15) is 22.4 Å². The van der Waals surface area contributed by atoms with Crippen LogP contribution < -0.4 is 5.32 Å². The maximum atomic E-state index is 13.3. The number of carbonyl (C=O) groups excluding carboxylic acids is 2. The Bertz CT molecular complexity index is 1190. The number of anilines is 1. The van der Waals surface area contributed by atoms with Crippen molar-refractivity contribution in [2.24, 2.45) is 4.40 Å². The molecule has 1 N–H and O–H groups in total. The minimum atomic E-state index is -4.15. The fraction of sp³-hybridized carbons (Fsp3) is 0.375. The van der Waals surface area contributed by atoms with Crippen LogP contribution >= 0.6 is 11.8 Å². The number of hydrogen-bond donors (Lipinski definition) is 1. The molecule has 0 bridgehead atoms. The zero-order chi connectivity index (χ0) is 24.3. The molecule has 7 nitrogen and oxygen atoms in total. The van der Waals surface area contributed by atoms with Gasteiger partial charge in [0, 0.05) is 18.2 Å². The van der Waals surface area contributed by atoms with Gasteiger partial charge in [-0.15, -0.1) is 4.40 Å². The normalized spacial score (nSPS) is 20.6. The summed E-state index contributed by atoms with van der Waals surface area (Å²) >= 11 is 0.999. The van der Waals surface area contributed by atoms with Gasteiger partial charge in [-0.25, -0.2) is 4.39 Å². The predicted molar refractivity (Wildman–Crippen MR) is 131 cm³/mol. The molecule has 0 aromatic heterocycles. The monoisotopic (exact) mass is 503 g/mol. The van der Waals surface area contributed by atoms with Crippen LogP contribution in [-0.4, -0.2) is 41.6 Å². The molecule has 2 aromatic rings. The molecule has 1 atom stereocenters. The van der Waals surface area contributed by atoms with E-state index in [2.05, 4.69) is 9.71 Å². The zero-order valence-electron chi connectivity index (χ0n) is 18.7. The van der Waals surface area contributed by atoms with Crippen molar-refractivity contribution < 1.29 is 22.4 Å². The number of amides is 2. The van der Waals surface area contributed by atoms with Crippen molar-refractivity contribution in [2.75, 3.05) is 5.32 Å². The average Bonchev–Trinajstić information content (AvgIpc) is 3.10. The van der Waals surface area contributed by atoms with Crippen molar-refractivity contribution in [2.45, 2.75) is 61.6 Å². The average molecular weight is 504 g/mol. The lowest BCUT2D eigenvalue weighted by molar-refractivity contribution is -0.130. The van der Waals surface area contributed by atoms with Gasteiger partial charge in [0.05, 0.1) is 4.90 Å². The summed E-state index contributed by atoms with van der Waals surface area (Å²) in [5.74, 6) is -1.19. The number of amidine groups is 1. The van der Waals surface area contributed by atoms with Crippen molar-refractivity contribution in [1.82, 2.24) is 4.90 Å². The van der Waals surface area contributed by atoms with Crippen LogP contribution in [0.2, 0.25) is 0 Å². The quantitative estimate of drug-likeness (QED) is 0.627. The number of halogens is 1. The Morgan fingerprint density at radius 3 is 2.38 bits per heavy atom. The molecular formula is C24H26FN3O4S2. The van der Waals surface area contributed by atoms with Crippen molar-refractivity contribution in [3.8, 4) is 0 Å². The third-order valence-electron chi connectivity index (χ3n) is 5.92. The fourth-order valence-corrected chi connectivity index (χ4v) is 6.53. The van der Waals surface area contributed by atoms with Crippen molar-refractivity contribution in [1.29, 1.82) is 0 Å². The molecule has 34 heavy (non-hydrogen) atoms. The number of sulfonamides is 1. The molecule has 2 fully saturated rings. The molecule has 1 saturated heterocycles. The second-order valence-corrected chi connectivity index (χ2v) is 11.3. The third kappa shape index (κ3) is 5.67. The highest BCUT2D eigenvalue weighted by atomic mass is 32.2. The van der Waals surface area contributed by atoms with Gasteiger partial charge >= 0.3 is 0 Å². The lowest BCUT2D eigenvalue weighted by atomic mass is 9.94. The van der Waals surface area contributed by atoms with Crippen LogP contribution in [0.4, 0.5) is 10.1 Å². The largest absolute Gasteiger partial charge is 0.326 e. The minimum Gasteiger partial charge on any atom is -0.326 e. The molecule has 2 amide bonds. The summed E-state index contributed by atoms with van der Waals surface area (Å²) in [7, 11) is -4.15. The maximum Gasteiger partial charge on any atom is 0.284 e. The molecule has 0 unspecified atom stereocenters. The molecule has 1 heterocycles. The maximum absolute atomic E-state index is 13.3. The second kappa shape index (κ2) is 10.3. The van der Waals surface area contributed by atoms with Gasteiger partial charge in [0.2, 0.25) is 11.8 Å². The van der Waals surface area contributed by atoms with Gasteiger partial charge in [0.1, 0.15) is 11.1 Å². The van der Waals surface area contributed by atoms with Crippen molar-refractivity contribution >= 4 is 44.5 Å². The molecule has 1 aliphatic heterocycles. The minimum absolute atomic E-state index is 0.0781. The molecule has 2 aromatic carbocycles.